The summed E-state index contributed by atoms with van der Waals surface area (Å²) in [6.45, 7) is 0. The summed E-state index contributed by atoms with van der Waals surface area (Å²) in [5.74, 6) is 0.813. The molecule has 2 aromatic carbocycles. The molecule has 1 N–H and O–H groups in total. The van der Waals surface area contributed by atoms with Crippen LogP contribution in [0.4, 0.5) is 0 Å². The van der Waals surface area contributed by atoms with Gasteiger partial charge in [0.05, 0.1) is 6.04 Å². The van der Waals surface area contributed by atoms with Gasteiger partial charge in [-0.15, -0.1) is 11.8 Å². The number of thioether (sulfide) groups is 1. The van der Waals surface area contributed by atoms with E-state index in [0.717, 1.165) is 5.92 Å². The Hall–Kier alpha value is -1.25. The van der Waals surface area contributed by atoms with E-state index in [4.69, 9.17) is 0 Å². The van der Waals surface area contributed by atoms with E-state index in [1.807, 2.05) is 7.05 Å². The third-order valence-corrected chi connectivity index (χ3v) is 5.33. The van der Waals surface area contributed by atoms with Gasteiger partial charge in [-0.3, -0.25) is 0 Å². The second kappa shape index (κ2) is 6.67. The molecular weight excluding hydrogens is 274 g/mol. The first kappa shape index (κ1) is 14.7. The van der Waals surface area contributed by atoms with Crippen LogP contribution in [0.3, 0.4) is 0 Å². The summed E-state index contributed by atoms with van der Waals surface area (Å²) >= 11 is 1.79. The molecule has 1 fully saturated rings. The van der Waals surface area contributed by atoms with Crippen LogP contribution in [0.25, 0.3) is 0 Å². The molecule has 2 heteroatoms. The van der Waals surface area contributed by atoms with Crippen molar-refractivity contribution in [3.63, 3.8) is 0 Å². The highest BCUT2D eigenvalue weighted by Crippen LogP contribution is 2.36. The Morgan fingerprint density at radius 2 is 1.52 bits per heavy atom. The van der Waals surface area contributed by atoms with Crippen molar-refractivity contribution in [3.05, 3.63) is 65.2 Å². The molecule has 0 bridgehead atoms. The minimum absolute atomic E-state index is 0.274. The molecule has 0 aromatic heterocycles. The third kappa shape index (κ3) is 3.17. The molecule has 0 amide bonds. The first-order valence-electron chi connectivity index (χ1n) is 7.73. The summed E-state index contributed by atoms with van der Waals surface area (Å²) in [5, 5.41) is 3.44. The minimum Gasteiger partial charge on any atom is -0.309 e. The molecule has 21 heavy (non-hydrogen) atoms. The van der Waals surface area contributed by atoms with Gasteiger partial charge in [-0.1, -0.05) is 42.8 Å². The Balaban J connectivity index is 1.81. The Morgan fingerprint density at radius 3 is 1.95 bits per heavy atom. The molecule has 1 aliphatic carbocycles. The van der Waals surface area contributed by atoms with E-state index < -0.39 is 0 Å². The first-order valence-corrected chi connectivity index (χ1v) is 8.95. The molecule has 1 atom stereocenters. The van der Waals surface area contributed by atoms with Gasteiger partial charge in [0.2, 0.25) is 0 Å². The van der Waals surface area contributed by atoms with Gasteiger partial charge in [-0.25, -0.2) is 0 Å². The van der Waals surface area contributed by atoms with Crippen molar-refractivity contribution in [2.45, 2.75) is 36.1 Å². The molecule has 0 saturated heterocycles. The van der Waals surface area contributed by atoms with Crippen molar-refractivity contribution in [2.75, 3.05) is 13.3 Å². The maximum Gasteiger partial charge on any atom is 0.0574 e. The fourth-order valence-corrected chi connectivity index (χ4v) is 3.43. The van der Waals surface area contributed by atoms with Gasteiger partial charge in [0, 0.05) is 4.90 Å². The Bertz CT molecular complexity index is 570. The van der Waals surface area contributed by atoms with E-state index in [1.54, 1.807) is 11.8 Å². The molecule has 1 aliphatic rings. The van der Waals surface area contributed by atoms with Crippen LogP contribution in [0, 0.1) is 0 Å². The predicted molar refractivity (Wildman–Crippen MR) is 92.2 cm³/mol. The third-order valence-electron chi connectivity index (χ3n) is 4.58. The van der Waals surface area contributed by atoms with Crippen LogP contribution in [0.1, 0.15) is 47.9 Å². The van der Waals surface area contributed by atoms with Crippen LogP contribution in [0.5, 0.6) is 0 Å². The zero-order valence-electron chi connectivity index (χ0n) is 12.8. The summed E-state index contributed by atoms with van der Waals surface area (Å²) < 4.78 is 0. The molecule has 110 valence electrons. The topological polar surface area (TPSA) is 12.0 Å². The predicted octanol–water partition coefficient (Wildman–Crippen LogP) is 4.98. The minimum atomic E-state index is 0.274. The summed E-state index contributed by atoms with van der Waals surface area (Å²) in [4.78, 5) is 1.31. The van der Waals surface area contributed by atoms with E-state index in [9.17, 15) is 0 Å². The van der Waals surface area contributed by atoms with Crippen molar-refractivity contribution in [1.29, 1.82) is 0 Å². The van der Waals surface area contributed by atoms with Gasteiger partial charge in [0.1, 0.15) is 0 Å². The van der Waals surface area contributed by atoms with Crippen LogP contribution in [0.2, 0.25) is 0 Å². The number of hydrogen-bond acceptors (Lipinski definition) is 2. The van der Waals surface area contributed by atoms with Crippen LogP contribution in [0.15, 0.2) is 53.4 Å². The van der Waals surface area contributed by atoms with Crippen molar-refractivity contribution in [3.8, 4) is 0 Å². The molecule has 0 spiro atoms. The van der Waals surface area contributed by atoms with Crippen LogP contribution in [-0.2, 0) is 0 Å². The Labute approximate surface area is 132 Å². The molecule has 0 aliphatic heterocycles. The van der Waals surface area contributed by atoms with Crippen LogP contribution >= 0.6 is 11.8 Å². The van der Waals surface area contributed by atoms with Crippen molar-refractivity contribution in [2.24, 2.45) is 0 Å². The van der Waals surface area contributed by atoms with Gasteiger partial charge in [0.25, 0.3) is 0 Å². The van der Waals surface area contributed by atoms with Crippen molar-refractivity contribution in [1.82, 2.24) is 5.32 Å². The van der Waals surface area contributed by atoms with Gasteiger partial charge in [-0.2, -0.15) is 0 Å². The quantitative estimate of drug-likeness (QED) is 0.781. The van der Waals surface area contributed by atoms with E-state index in [2.05, 4.69) is 60.1 Å². The number of rotatable bonds is 5. The molecule has 1 saturated carbocycles. The lowest BCUT2D eigenvalue weighted by molar-refractivity contribution is 0.419. The number of hydrogen-bond donors (Lipinski definition) is 1. The normalized spacial score (nSPS) is 16.5. The van der Waals surface area contributed by atoms with Gasteiger partial charge in [-0.05, 0) is 60.9 Å². The van der Waals surface area contributed by atoms with E-state index >= 15 is 0 Å². The molecule has 1 unspecified atom stereocenters. The average molecular weight is 297 g/mol. The van der Waals surface area contributed by atoms with E-state index in [1.165, 1.54) is 40.8 Å². The maximum atomic E-state index is 3.44. The molecular formula is C19H23NS. The van der Waals surface area contributed by atoms with Crippen molar-refractivity contribution < 1.29 is 0 Å². The summed E-state index contributed by atoms with van der Waals surface area (Å²) in [5.41, 5.74) is 4.18. The highest BCUT2D eigenvalue weighted by molar-refractivity contribution is 7.98. The monoisotopic (exact) mass is 297 g/mol. The van der Waals surface area contributed by atoms with Gasteiger partial charge in [0.15, 0.2) is 0 Å². The summed E-state index contributed by atoms with van der Waals surface area (Å²) in [7, 11) is 2.03. The molecule has 0 radical (unpaired) electrons. The number of benzene rings is 2. The molecule has 3 rings (SSSR count). The fraction of sp³-hybridized carbons (Fsp3) is 0.368. The zero-order valence-corrected chi connectivity index (χ0v) is 13.6. The fourth-order valence-electron chi connectivity index (χ4n) is 3.02. The first-order chi connectivity index (χ1) is 10.3. The van der Waals surface area contributed by atoms with Crippen molar-refractivity contribution >= 4 is 11.8 Å². The average Bonchev–Trinajstić information content (AvgIpc) is 2.49. The lowest BCUT2D eigenvalue weighted by Crippen LogP contribution is -2.17. The Kier molecular flexibility index (Phi) is 4.67. The second-order valence-corrected chi connectivity index (χ2v) is 6.67. The lowest BCUT2D eigenvalue weighted by Gasteiger charge is -2.26. The maximum absolute atomic E-state index is 3.44. The van der Waals surface area contributed by atoms with Gasteiger partial charge >= 0.3 is 0 Å². The smallest absolute Gasteiger partial charge is 0.0574 e. The molecule has 1 nitrogen and oxygen atoms in total. The summed E-state index contributed by atoms with van der Waals surface area (Å²) in [6, 6.07) is 18.4. The standard InChI is InChI=1S/C19H23NS/c1-20-19(17-10-12-18(21-2)13-11-17)16-8-6-15(7-9-16)14-4-3-5-14/h6-14,19-20H,3-5H2,1-2H3. The highest BCUT2D eigenvalue weighted by atomic mass is 32.2. The molecule has 2 aromatic rings. The zero-order chi connectivity index (χ0) is 14.7. The van der Waals surface area contributed by atoms with E-state index in [-0.39, 0.29) is 6.04 Å². The van der Waals surface area contributed by atoms with E-state index in [0.29, 0.717) is 0 Å². The lowest BCUT2D eigenvalue weighted by atomic mass is 9.79. The molecule has 0 heterocycles. The van der Waals surface area contributed by atoms with Crippen LogP contribution in [-0.4, -0.2) is 13.3 Å². The van der Waals surface area contributed by atoms with Crippen LogP contribution < -0.4 is 5.32 Å². The SMILES string of the molecule is CNC(c1ccc(SC)cc1)c1ccc(C2CCC2)cc1. The summed E-state index contributed by atoms with van der Waals surface area (Å²) in [6.07, 6.45) is 6.24. The highest BCUT2D eigenvalue weighted by Gasteiger charge is 2.19. The van der Waals surface area contributed by atoms with Gasteiger partial charge < -0.3 is 5.32 Å². The largest absolute Gasteiger partial charge is 0.309 e. The second-order valence-electron chi connectivity index (χ2n) is 5.79. The Morgan fingerprint density at radius 1 is 0.952 bits per heavy atom. The number of nitrogens with one attached hydrogen (secondary N) is 1.